The van der Waals surface area contributed by atoms with Crippen molar-refractivity contribution in [1.82, 2.24) is 9.88 Å². The van der Waals surface area contributed by atoms with Crippen molar-refractivity contribution in [3.8, 4) is 0 Å². The lowest BCUT2D eigenvalue weighted by atomic mass is 10.2. The first-order chi connectivity index (χ1) is 8.20. The van der Waals surface area contributed by atoms with Crippen molar-refractivity contribution in [2.75, 3.05) is 26.2 Å². The van der Waals surface area contributed by atoms with E-state index in [0.717, 1.165) is 36.1 Å². The number of hydrogen-bond acceptors (Lipinski definition) is 5. The maximum atomic E-state index is 5.85. The lowest BCUT2D eigenvalue weighted by molar-refractivity contribution is -0.0299. The monoisotopic (exact) mass is 255 g/mol. The molecule has 17 heavy (non-hydrogen) atoms. The van der Waals surface area contributed by atoms with Crippen molar-refractivity contribution < 1.29 is 4.74 Å². The van der Waals surface area contributed by atoms with Crippen molar-refractivity contribution >= 4 is 11.3 Å². The van der Waals surface area contributed by atoms with E-state index < -0.39 is 0 Å². The molecule has 2 heterocycles. The van der Waals surface area contributed by atoms with Crippen molar-refractivity contribution in [3.05, 3.63) is 16.1 Å². The highest BCUT2D eigenvalue weighted by Crippen LogP contribution is 2.28. The molecular formula is C12H21N3OS. The molecule has 0 aromatic carbocycles. The molecule has 0 amide bonds. The van der Waals surface area contributed by atoms with E-state index in [1.165, 1.54) is 6.42 Å². The van der Waals surface area contributed by atoms with Crippen LogP contribution in [0.3, 0.4) is 0 Å². The van der Waals surface area contributed by atoms with Crippen LogP contribution in [0, 0.1) is 0 Å². The van der Waals surface area contributed by atoms with Gasteiger partial charge in [-0.1, -0.05) is 6.92 Å². The Balaban J connectivity index is 2.00. The summed E-state index contributed by atoms with van der Waals surface area (Å²) in [7, 11) is 0. The Bertz CT molecular complexity index is 351. The molecule has 0 spiro atoms. The fourth-order valence-electron chi connectivity index (χ4n) is 2.03. The molecule has 0 bridgehead atoms. The van der Waals surface area contributed by atoms with Crippen LogP contribution in [0.15, 0.2) is 6.20 Å². The molecule has 0 saturated carbocycles. The van der Waals surface area contributed by atoms with E-state index >= 15 is 0 Å². The summed E-state index contributed by atoms with van der Waals surface area (Å²) in [5.41, 5.74) is 5.85. The van der Waals surface area contributed by atoms with E-state index in [1.54, 1.807) is 11.3 Å². The molecule has 1 saturated heterocycles. The van der Waals surface area contributed by atoms with Gasteiger partial charge < -0.3 is 10.5 Å². The van der Waals surface area contributed by atoms with Crippen LogP contribution in [0.1, 0.15) is 42.3 Å². The van der Waals surface area contributed by atoms with Gasteiger partial charge in [-0.25, -0.2) is 4.98 Å². The first-order valence-electron chi connectivity index (χ1n) is 6.26. The van der Waals surface area contributed by atoms with Crippen molar-refractivity contribution in [2.24, 2.45) is 5.73 Å². The van der Waals surface area contributed by atoms with Gasteiger partial charge in [0.05, 0.1) is 6.61 Å². The van der Waals surface area contributed by atoms with E-state index in [-0.39, 0.29) is 12.1 Å². The predicted molar refractivity (Wildman–Crippen MR) is 70.1 cm³/mol. The Hall–Kier alpha value is -0.490. The topological polar surface area (TPSA) is 51.4 Å². The van der Waals surface area contributed by atoms with E-state index in [1.807, 2.05) is 13.1 Å². The molecule has 5 heteroatoms. The van der Waals surface area contributed by atoms with E-state index in [0.29, 0.717) is 0 Å². The molecule has 2 unspecified atom stereocenters. The minimum atomic E-state index is 0.0663. The fourth-order valence-corrected chi connectivity index (χ4v) is 2.94. The van der Waals surface area contributed by atoms with Crippen molar-refractivity contribution in [3.63, 3.8) is 0 Å². The average Bonchev–Trinajstić information content (AvgIpc) is 2.79. The normalized spacial score (nSPS) is 23.8. The summed E-state index contributed by atoms with van der Waals surface area (Å²) in [6, 6.07) is 0.0663. The second-order valence-corrected chi connectivity index (χ2v) is 5.64. The first-order valence-corrected chi connectivity index (χ1v) is 7.07. The molecule has 1 aliphatic heterocycles. The summed E-state index contributed by atoms with van der Waals surface area (Å²) in [4.78, 5) is 8.02. The quantitative estimate of drug-likeness (QED) is 0.893. The van der Waals surface area contributed by atoms with Gasteiger partial charge in [0.25, 0.3) is 0 Å². The predicted octanol–water partition coefficient (Wildman–Crippen LogP) is 1.95. The Labute approximate surface area is 107 Å². The van der Waals surface area contributed by atoms with Gasteiger partial charge in [0, 0.05) is 30.2 Å². The fraction of sp³-hybridized carbons (Fsp3) is 0.750. The number of hydrogen-bond donors (Lipinski definition) is 1. The SMILES string of the molecule is CCCN1CCOC(c2ncc(C(C)N)s2)C1. The van der Waals surface area contributed by atoms with Crippen LogP contribution >= 0.6 is 11.3 Å². The number of nitrogens with zero attached hydrogens (tertiary/aromatic N) is 2. The van der Waals surface area contributed by atoms with Gasteiger partial charge in [0.1, 0.15) is 11.1 Å². The molecule has 4 nitrogen and oxygen atoms in total. The highest BCUT2D eigenvalue weighted by molar-refractivity contribution is 7.11. The van der Waals surface area contributed by atoms with Crippen LogP contribution in [0.25, 0.3) is 0 Å². The first kappa shape index (κ1) is 13.0. The number of aromatic nitrogens is 1. The molecule has 2 rings (SSSR count). The third-order valence-corrected chi connectivity index (χ3v) is 4.25. The van der Waals surface area contributed by atoms with Crippen LogP contribution in [-0.4, -0.2) is 36.1 Å². The number of nitrogens with two attached hydrogens (primary N) is 1. The average molecular weight is 255 g/mol. The van der Waals surface area contributed by atoms with Gasteiger partial charge in [-0.2, -0.15) is 0 Å². The Morgan fingerprint density at radius 1 is 1.71 bits per heavy atom. The third kappa shape index (κ3) is 3.25. The van der Waals surface area contributed by atoms with E-state index in [2.05, 4.69) is 16.8 Å². The number of thiazole rings is 1. The number of rotatable bonds is 4. The lowest BCUT2D eigenvalue weighted by Crippen LogP contribution is -2.38. The summed E-state index contributed by atoms with van der Waals surface area (Å²) in [6.07, 6.45) is 3.20. The molecule has 1 aliphatic rings. The molecule has 1 aromatic rings. The van der Waals surface area contributed by atoms with Gasteiger partial charge in [-0.3, -0.25) is 4.90 Å². The maximum Gasteiger partial charge on any atom is 0.123 e. The number of ether oxygens (including phenoxy) is 1. The zero-order valence-electron chi connectivity index (χ0n) is 10.6. The molecule has 1 aromatic heterocycles. The Morgan fingerprint density at radius 3 is 3.18 bits per heavy atom. The minimum Gasteiger partial charge on any atom is -0.368 e. The summed E-state index contributed by atoms with van der Waals surface area (Å²) >= 11 is 1.68. The Morgan fingerprint density at radius 2 is 2.53 bits per heavy atom. The van der Waals surface area contributed by atoms with Crippen LogP contribution in [0.5, 0.6) is 0 Å². The standard InChI is InChI=1S/C12H21N3OS/c1-3-4-15-5-6-16-10(8-15)12-14-7-11(17-12)9(2)13/h7,9-10H,3-6,8,13H2,1-2H3. The zero-order valence-corrected chi connectivity index (χ0v) is 11.4. The van der Waals surface area contributed by atoms with Crippen LogP contribution in [-0.2, 0) is 4.74 Å². The number of morpholine rings is 1. The summed E-state index contributed by atoms with van der Waals surface area (Å²) in [5.74, 6) is 0. The van der Waals surface area contributed by atoms with Crippen LogP contribution in [0.2, 0.25) is 0 Å². The van der Waals surface area contributed by atoms with Gasteiger partial charge >= 0.3 is 0 Å². The molecular weight excluding hydrogens is 234 g/mol. The van der Waals surface area contributed by atoms with Crippen LogP contribution in [0.4, 0.5) is 0 Å². The molecule has 96 valence electrons. The summed E-state index contributed by atoms with van der Waals surface area (Å²) in [6.45, 7) is 8.14. The maximum absolute atomic E-state index is 5.85. The zero-order chi connectivity index (χ0) is 12.3. The van der Waals surface area contributed by atoms with E-state index in [9.17, 15) is 0 Å². The smallest absolute Gasteiger partial charge is 0.123 e. The highest BCUT2D eigenvalue weighted by atomic mass is 32.1. The second kappa shape index (κ2) is 5.91. The minimum absolute atomic E-state index is 0.0663. The van der Waals surface area contributed by atoms with Gasteiger partial charge in [-0.15, -0.1) is 11.3 Å². The second-order valence-electron chi connectivity index (χ2n) is 4.55. The third-order valence-electron chi connectivity index (χ3n) is 2.96. The molecule has 2 N–H and O–H groups in total. The molecule has 0 aliphatic carbocycles. The van der Waals surface area contributed by atoms with Crippen LogP contribution < -0.4 is 5.73 Å². The Kier molecular flexibility index (Phi) is 4.50. The molecule has 2 atom stereocenters. The van der Waals surface area contributed by atoms with Gasteiger partial charge in [-0.05, 0) is 19.9 Å². The van der Waals surface area contributed by atoms with Gasteiger partial charge in [0.15, 0.2) is 0 Å². The molecule has 0 radical (unpaired) electrons. The molecule has 1 fully saturated rings. The van der Waals surface area contributed by atoms with Gasteiger partial charge in [0.2, 0.25) is 0 Å². The summed E-state index contributed by atoms with van der Waals surface area (Å²) < 4.78 is 5.80. The van der Waals surface area contributed by atoms with E-state index in [4.69, 9.17) is 10.5 Å². The highest BCUT2D eigenvalue weighted by Gasteiger charge is 2.24. The lowest BCUT2D eigenvalue weighted by Gasteiger charge is -2.31. The van der Waals surface area contributed by atoms with Crippen molar-refractivity contribution in [1.29, 1.82) is 0 Å². The van der Waals surface area contributed by atoms with Crippen molar-refractivity contribution in [2.45, 2.75) is 32.4 Å². The largest absolute Gasteiger partial charge is 0.368 e. The summed E-state index contributed by atoms with van der Waals surface area (Å²) in [5, 5.41) is 1.07.